The minimum Gasteiger partial charge on any atom is -0.376 e. The van der Waals surface area contributed by atoms with E-state index in [0.717, 1.165) is 25.1 Å². The van der Waals surface area contributed by atoms with Crippen LogP contribution < -0.4 is 10.6 Å². The van der Waals surface area contributed by atoms with Crippen molar-refractivity contribution in [3.05, 3.63) is 47.4 Å². The summed E-state index contributed by atoms with van der Waals surface area (Å²) >= 11 is 0. The van der Waals surface area contributed by atoms with Gasteiger partial charge in [0.05, 0.1) is 18.5 Å². The quantitative estimate of drug-likeness (QED) is 0.883. The SMILES string of the molecule is Cc1ccc(Nc2cnc(C(=O)NCC3CCCO3)cn2)cc1C. The van der Waals surface area contributed by atoms with Gasteiger partial charge in [-0.3, -0.25) is 4.79 Å². The van der Waals surface area contributed by atoms with Crippen molar-refractivity contribution in [1.82, 2.24) is 15.3 Å². The first-order valence-electron chi connectivity index (χ1n) is 8.18. The van der Waals surface area contributed by atoms with Gasteiger partial charge in [0.1, 0.15) is 11.5 Å². The van der Waals surface area contributed by atoms with E-state index in [1.165, 1.54) is 17.3 Å². The summed E-state index contributed by atoms with van der Waals surface area (Å²) in [5.41, 5.74) is 3.70. The molecular weight excluding hydrogens is 304 g/mol. The van der Waals surface area contributed by atoms with E-state index in [4.69, 9.17) is 4.74 Å². The molecule has 0 bridgehead atoms. The zero-order chi connectivity index (χ0) is 16.9. The van der Waals surface area contributed by atoms with Crippen LogP contribution in [0.25, 0.3) is 0 Å². The molecule has 0 saturated carbocycles. The first-order valence-corrected chi connectivity index (χ1v) is 8.18. The predicted molar refractivity (Wildman–Crippen MR) is 92.5 cm³/mol. The lowest BCUT2D eigenvalue weighted by Gasteiger charge is -2.11. The van der Waals surface area contributed by atoms with Gasteiger partial charge in [0.25, 0.3) is 5.91 Å². The number of ether oxygens (including phenoxy) is 1. The highest BCUT2D eigenvalue weighted by Gasteiger charge is 2.17. The second-order valence-electron chi connectivity index (χ2n) is 6.06. The number of hydrogen-bond acceptors (Lipinski definition) is 5. The van der Waals surface area contributed by atoms with Crippen molar-refractivity contribution in [2.24, 2.45) is 0 Å². The number of benzene rings is 1. The van der Waals surface area contributed by atoms with Crippen molar-refractivity contribution in [3.63, 3.8) is 0 Å². The van der Waals surface area contributed by atoms with Crippen LogP contribution in [-0.4, -0.2) is 35.1 Å². The van der Waals surface area contributed by atoms with Crippen LogP contribution in [-0.2, 0) is 4.74 Å². The first kappa shape index (κ1) is 16.4. The van der Waals surface area contributed by atoms with Gasteiger partial charge in [-0.2, -0.15) is 0 Å². The highest BCUT2D eigenvalue weighted by molar-refractivity contribution is 5.92. The Balaban J connectivity index is 1.57. The molecule has 0 radical (unpaired) electrons. The summed E-state index contributed by atoms with van der Waals surface area (Å²) in [7, 11) is 0. The van der Waals surface area contributed by atoms with Gasteiger partial charge in [-0.25, -0.2) is 9.97 Å². The summed E-state index contributed by atoms with van der Waals surface area (Å²) in [6.45, 7) is 5.43. The van der Waals surface area contributed by atoms with Gasteiger partial charge in [0, 0.05) is 18.8 Å². The van der Waals surface area contributed by atoms with Crippen molar-refractivity contribution in [1.29, 1.82) is 0 Å². The number of hydrogen-bond donors (Lipinski definition) is 2. The summed E-state index contributed by atoms with van der Waals surface area (Å²) in [4.78, 5) is 20.5. The third kappa shape index (κ3) is 4.08. The van der Waals surface area contributed by atoms with Crippen LogP contribution >= 0.6 is 0 Å². The lowest BCUT2D eigenvalue weighted by Crippen LogP contribution is -2.32. The van der Waals surface area contributed by atoms with Gasteiger partial charge in [-0.1, -0.05) is 6.07 Å². The van der Waals surface area contributed by atoms with Crippen LogP contribution in [0, 0.1) is 13.8 Å². The van der Waals surface area contributed by atoms with E-state index >= 15 is 0 Å². The van der Waals surface area contributed by atoms with Gasteiger partial charge >= 0.3 is 0 Å². The molecule has 0 spiro atoms. The van der Waals surface area contributed by atoms with Crippen LogP contribution in [0.5, 0.6) is 0 Å². The summed E-state index contributed by atoms with van der Waals surface area (Å²) < 4.78 is 5.48. The first-order chi connectivity index (χ1) is 11.6. The van der Waals surface area contributed by atoms with E-state index in [-0.39, 0.29) is 12.0 Å². The van der Waals surface area contributed by atoms with Crippen LogP contribution in [0.1, 0.15) is 34.5 Å². The van der Waals surface area contributed by atoms with Gasteiger partial charge in [0.15, 0.2) is 0 Å². The summed E-state index contributed by atoms with van der Waals surface area (Å²) in [5.74, 6) is 0.379. The Bertz CT molecular complexity index is 709. The van der Waals surface area contributed by atoms with Crippen LogP contribution in [0.4, 0.5) is 11.5 Å². The maximum absolute atomic E-state index is 12.1. The molecule has 1 atom stereocenters. The Kier molecular flexibility index (Phi) is 5.05. The van der Waals surface area contributed by atoms with Crippen molar-refractivity contribution >= 4 is 17.4 Å². The van der Waals surface area contributed by atoms with Crippen molar-refractivity contribution in [2.75, 3.05) is 18.5 Å². The standard InChI is InChI=1S/C18H22N4O2/c1-12-5-6-14(8-13(12)2)22-17-11-19-16(10-20-17)18(23)21-9-15-4-3-7-24-15/h5-6,8,10-11,15H,3-4,7,9H2,1-2H3,(H,20,22)(H,21,23). The maximum atomic E-state index is 12.1. The Morgan fingerprint density at radius 3 is 2.79 bits per heavy atom. The third-order valence-corrected chi connectivity index (χ3v) is 4.18. The highest BCUT2D eigenvalue weighted by atomic mass is 16.5. The Labute approximate surface area is 141 Å². The van der Waals surface area contributed by atoms with Crippen LogP contribution in [0.2, 0.25) is 0 Å². The molecule has 6 heteroatoms. The van der Waals surface area contributed by atoms with E-state index in [1.54, 1.807) is 6.20 Å². The molecule has 3 rings (SSSR count). The maximum Gasteiger partial charge on any atom is 0.271 e. The lowest BCUT2D eigenvalue weighted by molar-refractivity contribution is 0.0853. The molecule has 1 aliphatic rings. The van der Waals surface area contributed by atoms with Gasteiger partial charge in [-0.05, 0) is 49.9 Å². The summed E-state index contributed by atoms with van der Waals surface area (Å²) in [5, 5.41) is 6.03. The van der Waals surface area contributed by atoms with Gasteiger partial charge in [-0.15, -0.1) is 0 Å². The average molecular weight is 326 g/mol. The molecule has 1 aromatic heterocycles. The molecule has 2 aromatic rings. The number of carbonyl (C=O) groups is 1. The fourth-order valence-electron chi connectivity index (χ4n) is 2.58. The Hall–Kier alpha value is -2.47. The zero-order valence-corrected chi connectivity index (χ0v) is 14.0. The Morgan fingerprint density at radius 1 is 1.25 bits per heavy atom. The molecule has 126 valence electrons. The largest absolute Gasteiger partial charge is 0.376 e. The molecule has 1 saturated heterocycles. The molecule has 2 N–H and O–H groups in total. The smallest absolute Gasteiger partial charge is 0.271 e. The highest BCUT2D eigenvalue weighted by Crippen LogP contribution is 2.17. The van der Waals surface area contributed by atoms with Crippen LogP contribution in [0.3, 0.4) is 0 Å². The molecule has 1 aromatic carbocycles. The molecule has 2 heterocycles. The summed E-state index contributed by atoms with van der Waals surface area (Å²) in [6.07, 6.45) is 5.21. The van der Waals surface area contributed by atoms with E-state index in [1.807, 2.05) is 6.07 Å². The fraction of sp³-hybridized carbons (Fsp3) is 0.389. The Morgan fingerprint density at radius 2 is 2.12 bits per heavy atom. The number of carbonyl (C=O) groups excluding carboxylic acids is 1. The topological polar surface area (TPSA) is 76.1 Å². The zero-order valence-electron chi connectivity index (χ0n) is 14.0. The van der Waals surface area contributed by atoms with Gasteiger partial charge in [0.2, 0.25) is 0 Å². The van der Waals surface area contributed by atoms with Crippen molar-refractivity contribution in [2.45, 2.75) is 32.8 Å². The fourth-order valence-corrected chi connectivity index (χ4v) is 2.58. The molecule has 1 aliphatic heterocycles. The van der Waals surface area contributed by atoms with Crippen molar-refractivity contribution in [3.8, 4) is 0 Å². The van der Waals surface area contributed by atoms with E-state index in [2.05, 4.69) is 46.6 Å². The number of aromatic nitrogens is 2. The monoisotopic (exact) mass is 326 g/mol. The molecule has 24 heavy (non-hydrogen) atoms. The van der Waals surface area contributed by atoms with E-state index < -0.39 is 0 Å². The van der Waals surface area contributed by atoms with E-state index in [9.17, 15) is 4.79 Å². The normalized spacial score (nSPS) is 16.8. The molecule has 6 nitrogen and oxygen atoms in total. The number of nitrogens with one attached hydrogen (secondary N) is 2. The number of amides is 1. The van der Waals surface area contributed by atoms with Gasteiger partial charge < -0.3 is 15.4 Å². The number of rotatable bonds is 5. The van der Waals surface area contributed by atoms with Crippen LogP contribution in [0.15, 0.2) is 30.6 Å². The molecule has 1 fully saturated rings. The minimum atomic E-state index is -0.226. The van der Waals surface area contributed by atoms with E-state index in [0.29, 0.717) is 18.1 Å². The summed E-state index contributed by atoms with van der Waals surface area (Å²) in [6, 6.07) is 6.10. The molecule has 0 aliphatic carbocycles. The molecular formula is C18H22N4O2. The molecule has 1 amide bonds. The average Bonchev–Trinajstić information content (AvgIpc) is 3.10. The lowest BCUT2D eigenvalue weighted by atomic mass is 10.1. The number of aryl methyl sites for hydroxylation is 2. The van der Waals surface area contributed by atoms with Crippen molar-refractivity contribution < 1.29 is 9.53 Å². The second-order valence-corrected chi connectivity index (χ2v) is 6.06. The third-order valence-electron chi connectivity index (χ3n) is 4.18. The number of nitrogens with zero attached hydrogens (tertiary/aromatic N) is 2. The number of anilines is 2. The minimum absolute atomic E-state index is 0.118. The molecule has 1 unspecified atom stereocenters. The second kappa shape index (κ2) is 7.40. The predicted octanol–water partition coefficient (Wildman–Crippen LogP) is 2.75.